The molecule has 3 heteroatoms. The second-order valence-corrected chi connectivity index (χ2v) is 3.46. The van der Waals surface area contributed by atoms with Crippen LogP contribution in [0.3, 0.4) is 0 Å². The maximum atomic E-state index is 9.22. The monoisotopic (exact) mass is 305 g/mol. The van der Waals surface area contributed by atoms with Crippen molar-refractivity contribution in [3.8, 4) is 25.7 Å². The zero-order chi connectivity index (χ0) is 18.2. The molecule has 2 N–H and O–H groups in total. The number of nitrogens with two attached hydrogens (primary N) is 1. The van der Waals surface area contributed by atoms with Crippen LogP contribution in [0.4, 0.5) is 0 Å². The fourth-order valence-corrected chi connectivity index (χ4v) is 1.08. The van der Waals surface area contributed by atoms with E-state index in [1.165, 1.54) is 12.5 Å². The first-order valence-electron chi connectivity index (χ1n) is 7.21. The van der Waals surface area contributed by atoms with Crippen LogP contribution in [0.25, 0.3) is 0 Å². The van der Waals surface area contributed by atoms with Crippen LogP contribution < -0.4 is 5.73 Å². The van der Waals surface area contributed by atoms with E-state index < -0.39 is 0 Å². The number of ether oxygens (including phenoxy) is 1. The van der Waals surface area contributed by atoms with E-state index in [0.29, 0.717) is 0 Å². The van der Waals surface area contributed by atoms with E-state index in [9.17, 15) is 4.79 Å². The lowest BCUT2D eigenvalue weighted by Gasteiger charge is -2.01. The summed E-state index contributed by atoms with van der Waals surface area (Å²) in [6.07, 6.45) is 18.1. The minimum Gasteiger partial charge on any atom is -0.381 e. The molecule has 3 nitrogen and oxygen atoms in total. The summed E-state index contributed by atoms with van der Waals surface area (Å²) in [5, 5.41) is 0. The fraction of sp³-hybridized carbons (Fsp3) is 0.421. The second-order valence-electron chi connectivity index (χ2n) is 3.46. The van der Waals surface area contributed by atoms with Crippen molar-refractivity contribution in [2.24, 2.45) is 5.73 Å². The standard InChI is InChI=1S/C11H16O.C2H5NO.C2H6.2C2H2/c1-2-9-12-10-8-11-6-4-3-5-7-11;1-2(3)4;3*1-2/h3-7H,2,8-10H2,1H3;1H3,(H2,3,4);1-2H3;2*1-2H. The summed E-state index contributed by atoms with van der Waals surface area (Å²) in [5.74, 6) is -0.333. The quantitative estimate of drug-likeness (QED) is 0.666. The molecule has 0 unspecified atom stereocenters. The SMILES string of the molecule is C#C.C#C.CC.CC(N)=O.CCCOCCc1ccccc1. The Kier molecular flexibility index (Phi) is 39.8. The summed E-state index contributed by atoms with van der Waals surface area (Å²) in [7, 11) is 0. The van der Waals surface area contributed by atoms with Crippen molar-refractivity contribution in [1.29, 1.82) is 0 Å². The molecule has 1 aromatic rings. The highest BCUT2D eigenvalue weighted by atomic mass is 16.5. The van der Waals surface area contributed by atoms with Crippen molar-refractivity contribution in [2.45, 2.75) is 40.5 Å². The lowest BCUT2D eigenvalue weighted by molar-refractivity contribution is -0.115. The molecule has 1 rings (SSSR count). The molecule has 0 aliphatic heterocycles. The number of hydrogen-bond donors (Lipinski definition) is 1. The van der Waals surface area contributed by atoms with Crippen molar-refractivity contribution in [1.82, 2.24) is 0 Å². The molecule has 0 radical (unpaired) electrons. The largest absolute Gasteiger partial charge is 0.381 e. The third kappa shape index (κ3) is 36.1. The number of benzene rings is 1. The number of carbonyl (C=O) groups is 1. The van der Waals surface area contributed by atoms with Crippen molar-refractivity contribution in [2.75, 3.05) is 13.2 Å². The van der Waals surface area contributed by atoms with Gasteiger partial charge in [-0.3, -0.25) is 4.79 Å². The molecule has 0 aromatic heterocycles. The van der Waals surface area contributed by atoms with Crippen LogP contribution in [0.5, 0.6) is 0 Å². The van der Waals surface area contributed by atoms with Gasteiger partial charge in [-0.15, -0.1) is 25.7 Å². The lowest BCUT2D eigenvalue weighted by atomic mass is 10.2. The van der Waals surface area contributed by atoms with E-state index in [1.54, 1.807) is 0 Å². The normalized spacial score (nSPS) is 7.09. The first kappa shape index (κ1) is 28.0. The van der Waals surface area contributed by atoms with E-state index in [4.69, 9.17) is 4.74 Å². The molecule has 22 heavy (non-hydrogen) atoms. The first-order valence-corrected chi connectivity index (χ1v) is 7.21. The molecular formula is C19H31NO2. The second kappa shape index (κ2) is 31.3. The highest BCUT2D eigenvalue weighted by Gasteiger charge is 1.90. The van der Waals surface area contributed by atoms with E-state index in [2.05, 4.69) is 62.6 Å². The maximum Gasteiger partial charge on any atom is 0.214 e. The zero-order valence-electron chi connectivity index (χ0n) is 14.4. The molecule has 0 atom stereocenters. The summed E-state index contributed by atoms with van der Waals surface area (Å²) in [6, 6.07) is 10.4. The summed E-state index contributed by atoms with van der Waals surface area (Å²) in [5.41, 5.74) is 5.83. The van der Waals surface area contributed by atoms with Crippen molar-refractivity contribution in [3.05, 3.63) is 35.9 Å². The number of rotatable bonds is 5. The van der Waals surface area contributed by atoms with Gasteiger partial charge in [-0.05, 0) is 18.4 Å². The highest BCUT2D eigenvalue weighted by molar-refractivity contribution is 5.70. The predicted octanol–water partition coefficient (Wildman–Crippen LogP) is 3.67. The van der Waals surface area contributed by atoms with Crippen molar-refractivity contribution in [3.63, 3.8) is 0 Å². The number of carbonyl (C=O) groups excluding carboxylic acids is 1. The minimum absolute atomic E-state index is 0.333. The average Bonchev–Trinajstić information content (AvgIpc) is 2.58. The van der Waals surface area contributed by atoms with Crippen LogP contribution in [0.2, 0.25) is 0 Å². The van der Waals surface area contributed by atoms with E-state index >= 15 is 0 Å². The van der Waals surface area contributed by atoms with Gasteiger partial charge in [-0.1, -0.05) is 51.1 Å². The molecule has 0 bridgehead atoms. The van der Waals surface area contributed by atoms with E-state index in [-0.39, 0.29) is 5.91 Å². The Morgan fingerprint density at radius 1 is 1.05 bits per heavy atom. The van der Waals surface area contributed by atoms with Crippen molar-refractivity contribution < 1.29 is 9.53 Å². The van der Waals surface area contributed by atoms with Gasteiger partial charge in [-0.2, -0.15) is 0 Å². The van der Waals surface area contributed by atoms with Gasteiger partial charge in [-0.25, -0.2) is 0 Å². The van der Waals surface area contributed by atoms with Crippen LogP contribution in [0.15, 0.2) is 30.3 Å². The van der Waals surface area contributed by atoms with Gasteiger partial charge in [0.1, 0.15) is 0 Å². The van der Waals surface area contributed by atoms with E-state index in [0.717, 1.165) is 26.1 Å². The predicted molar refractivity (Wildman–Crippen MR) is 97.3 cm³/mol. The van der Waals surface area contributed by atoms with Gasteiger partial charge in [0.2, 0.25) is 5.91 Å². The Bertz CT molecular complexity index is 332. The van der Waals surface area contributed by atoms with E-state index in [1.807, 2.05) is 19.9 Å². The zero-order valence-corrected chi connectivity index (χ0v) is 14.4. The molecule has 0 heterocycles. The molecule has 0 fully saturated rings. The third-order valence-corrected chi connectivity index (χ3v) is 1.73. The van der Waals surface area contributed by atoms with Crippen LogP contribution >= 0.6 is 0 Å². The van der Waals surface area contributed by atoms with Crippen molar-refractivity contribution >= 4 is 5.91 Å². The molecular weight excluding hydrogens is 274 g/mol. The molecule has 0 saturated heterocycles. The molecule has 0 spiro atoms. The highest BCUT2D eigenvalue weighted by Crippen LogP contribution is 1.99. The number of hydrogen-bond acceptors (Lipinski definition) is 2. The minimum atomic E-state index is -0.333. The Labute approximate surface area is 137 Å². The van der Waals surface area contributed by atoms with Gasteiger partial charge < -0.3 is 10.5 Å². The Morgan fingerprint density at radius 2 is 1.45 bits per heavy atom. The Morgan fingerprint density at radius 3 is 1.82 bits per heavy atom. The van der Waals surface area contributed by atoms with Gasteiger partial charge in [0.25, 0.3) is 0 Å². The topological polar surface area (TPSA) is 52.3 Å². The Hall–Kier alpha value is -2.23. The molecule has 0 aliphatic rings. The maximum absolute atomic E-state index is 9.22. The average molecular weight is 305 g/mol. The first-order chi connectivity index (χ1) is 10.7. The van der Waals surface area contributed by atoms with Crippen LogP contribution in [-0.4, -0.2) is 19.1 Å². The van der Waals surface area contributed by atoms with Crippen LogP contribution in [-0.2, 0) is 16.0 Å². The van der Waals surface area contributed by atoms with Crippen LogP contribution in [0.1, 0.15) is 39.7 Å². The molecule has 1 amide bonds. The number of amides is 1. The Balaban J connectivity index is -0.000000136. The summed E-state index contributed by atoms with van der Waals surface area (Å²) < 4.78 is 5.39. The smallest absolute Gasteiger partial charge is 0.214 e. The third-order valence-electron chi connectivity index (χ3n) is 1.73. The molecule has 124 valence electrons. The molecule has 0 saturated carbocycles. The van der Waals surface area contributed by atoms with Gasteiger partial charge in [0.15, 0.2) is 0 Å². The van der Waals surface area contributed by atoms with Crippen LogP contribution in [0, 0.1) is 25.7 Å². The van der Waals surface area contributed by atoms with Gasteiger partial charge in [0.05, 0.1) is 6.61 Å². The number of terminal acetylenes is 2. The summed E-state index contributed by atoms with van der Waals surface area (Å²) in [4.78, 5) is 9.22. The molecule has 0 aliphatic carbocycles. The summed E-state index contributed by atoms with van der Waals surface area (Å²) >= 11 is 0. The van der Waals surface area contributed by atoms with Gasteiger partial charge >= 0.3 is 0 Å². The molecule has 1 aromatic carbocycles. The van der Waals surface area contributed by atoms with Gasteiger partial charge in [0, 0.05) is 13.5 Å². The number of primary amides is 1. The summed E-state index contributed by atoms with van der Waals surface area (Å²) in [6.45, 7) is 9.16. The lowest BCUT2D eigenvalue weighted by Crippen LogP contribution is -2.01. The fourth-order valence-electron chi connectivity index (χ4n) is 1.08.